The van der Waals surface area contributed by atoms with Gasteiger partial charge in [-0.1, -0.05) is 24.3 Å². The number of benzene rings is 2. The summed E-state index contributed by atoms with van der Waals surface area (Å²) in [7, 11) is 0. The van der Waals surface area contributed by atoms with Gasteiger partial charge in [0.15, 0.2) is 0 Å². The first-order chi connectivity index (χ1) is 13.1. The van der Waals surface area contributed by atoms with Crippen molar-refractivity contribution in [1.29, 1.82) is 0 Å². The summed E-state index contributed by atoms with van der Waals surface area (Å²) in [5, 5.41) is 13.2. The molecule has 0 saturated carbocycles. The second-order valence-electron chi connectivity index (χ2n) is 6.97. The molecule has 0 aliphatic carbocycles. The molecule has 2 heterocycles. The van der Waals surface area contributed by atoms with Crippen LogP contribution in [0.4, 0.5) is 5.69 Å². The maximum Gasteiger partial charge on any atom is 0.227 e. The number of hydrogen-bond donors (Lipinski definition) is 2. The van der Waals surface area contributed by atoms with Crippen molar-refractivity contribution in [3.8, 4) is 5.75 Å². The molecule has 6 heteroatoms. The number of carbonyl (C=O) groups is 2. The molecular formula is C21H22N2O4. The molecule has 6 nitrogen and oxygen atoms in total. The number of carbonyl (C=O) groups excluding carboxylic acids is 2. The molecule has 2 amide bonds. The first-order valence-corrected chi connectivity index (χ1v) is 9.18. The van der Waals surface area contributed by atoms with Gasteiger partial charge in [0, 0.05) is 31.6 Å². The Kier molecular flexibility index (Phi) is 4.81. The fraction of sp³-hybridized carbons (Fsp3) is 0.333. The Morgan fingerprint density at radius 1 is 1.26 bits per heavy atom. The molecule has 2 aromatic rings. The number of rotatable bonds is 5. The van der Waals surface area contributed by atoms with Gasteiger partial charge in [0.25, 0.3) is 0 Å². The number of fused-ring (bicyclic) bond motifs is 1. The second-order valence-corrected chi connectivity index (χ2v) is 6.97. The predicted molar refractivity (Wildman–Crippen MR) is 101 cm³/mol. The highest BCUT2D eigenvalue weighted by Gasteiger charge is 2.35. The van der Waals surface area contributed by atoms with Gasteiger partial charge in [-0.25, -0.2) is 0 Å². The lowest BCUT2D eigenvalue weighted by atomic mass is 10.0. The van der Waals surface area contributed by atoms with Gasteiger partial charge in [-0.05, 0) is 35.4 Å². The van der Waals surface area contributed by atoms with E-state index in [1.165, 1.54) is 0 Å². The Hall–Kier alpha value is -2.86. The molecular weight excluding hydrogens is 344 g/mol. The summed E-state index contributed by atoms with van der Waals surface area (Å²) in [6.07, 6.45) is 0.233. The first-order valence-electron chi connectivity index (χ1n) is 9.18. The molecule has 1 saturated heterocycles. The van der Waals surface area contributed by atoms with E-state index in [4.69, 9.17) is 4.74 Å². The quantitative estimate of drug-likeness (QED) is 0.846. The van der Waals surface area contributed by atoms with Crippen LogP contribution in [0, 0.1) is 5.92 Å². The number of ether oxygens (including phenoxy) is 1. The number of anilines is 1. The van der Waals surface area contributed by atoms with E-state index in [-0.39, 0.29) is 24.8 Å². The normalized spacial score (nSPS) is 19.5. The highest BCUT2D eigenvalue weighted by molar-refractivity contribution is 6.00. The van der Waals surface area contributed by atoms with Gasteiger partial charge in [0.05, 0.1) is 18.6 Å². The molecule has 1 fully saturated rings. The molecule has 0 radical (unpaired) electrons. The van der Waals surface area contributed by atoms with Crippen LogP contribution in [0.15, 0.2) is 48.5 Å². The van der Waals surface area contributed by atoms with E-state index in [0.29, 0.717) is 13.2 Å². The number of aliphatic hydroxyl groups excluding tert-OH is 1. The molecule has 0 spiro atoms. The average molecular weight is 366 g/mol. The fourth-order valence-corrected chi connectivity index (χ4v) is 3.61. The molecule has 2 aliphatic rings. The van der Waals surface area contributed by atoms with Gasteiger partial charge in [0.1, 0.15) is 5.75 Å². The van der Waals surface area contributed by atoms with E-state index in [1.54, 1.807) is 4.90 Å². The largest absolute Gasteiger partial charge is 0.493 e. The fourth-order valence-electron chi connectivity index (χ4n) is 3.61. The van der Waals surface area contributed by atoms with Gasteiger partial charge in [-0.2, -0.15) is 0 Å². The summed E-state index contributed by atoms with van der Waals surface area (Å²) in [5.74, 6) is 0.199. The van der Waals surface area contributed by atoms with Crippen molar-refractivity contribution in [2.75, 3.05) is 24.6 Å². The Labute approximate surface area is 157 Å². The third-order valence-corrected chi connectivity index (χ3v) is 5.13. The van der Waals surface area contributed by atoms with Crippen LogP contribution in [0.25, 0.3) is 0 Å². The van der Waals surface area contributed by atoms with Crippen molar-refractivity contribution in [3.63, 3.8) is 0 Å². The molecule has 140 valence electrons. The lowest BCUT2D eigenvalue weighted by Gasteiger charge is -2.17. The average Bonchev–Trinajstić information content (AvgIpc) is 3.32. The molecule has 2 aromatic carbocycles. The monoisotopic (exact) mass is 366 g/mol. The van der Waals surface area contributed by atoms with Crippen LogP contribution in [-0.2, 0) is 16.0 Å². The van der Waals surface area contributed by atoms with Gasteiger partial charge in [-0.3, -0.25) is 9.59 Å². The van der Waals surface area contributed by atoms with Crippen LogP contribution in [0.3, 0.4) is 0 Å². The number of nitrogens with zero attached hydrogens (tertiary/aromatic N) is 1. The summed E-state index contributed by atoms with van der Waals surface area (Å²) in [6, 6.07) is 14.9. The van der Waals surface area contributed by atoms with Crippen molar-refractivity contribution in [2.45, 2.75) is 18.9 Å². The summed E-state index contributed by atoms with van der Waals surface area (Å²) in [4.78, 5) is 26.4. The van der Waals surface area contributed by atoms with Crippen molar-refractivity contribution in [3.05, 3.63) is 59.7 Å². The minimum atomic E-state index is -0.790. The number of nitrogens with one attached hydrogen (secondary N) is 1. The van der Waals surface area contributed by atoms with E-state index < -0.39 is 12.0 Å². The highest BCUT2D eigenvalue weighted by atomic mass is 16.5. The molecule has 2 N–H and O–H groups in total. The zero-order valence-electron chi connectivity index (χ0n) is 14.9. The van der Waals surface area contributed by atoms with E-state index in [0.717, 1.165) is 29.0 Å². The summed E-state index contributed by atoms with van der Waals surface area (Å²) >= 11 is 0. The van der Waals surface area contributed by atoms with Gasteiger partial charge < -0.3 is 20.1 Å². The number of hydrogen-bond acceptors (Lipinski definition) is 4. The Morgan fingerprint density at radius 3 is 2.89 bits per heavy atom. The molecule has 2 aliphatic heterocycles. The number of aliphatic hydroxyl groups is 1. The predicted octanol–water partition coefficient (Wildman–Crippen LogP) is 1.82. The summed E-state index contributed by atoms with van der Waals surface area (Å²) < 4.78 is 5.47. The molecule has 0 aromatic heterocycles. The SMILES string of the molecule is O=C(NCC(O)c1ccc2c(c1)CCO2)C1CC(=O)N(c2ccccc2)C1. The lowest BCUT2D eigenvalue weighted by Crippen LogP contribution is -2.35. The van der Waals surface area contributed by atoms with Crippen LogP contribution >= 0.6 is 0 Å². The van der Waals surface area contributed by atoms with Crippen molar-refractivity contribution < 1.29 is 19.4 Å². The topological polar surface area (TPSA) is 78.9 Å². The van der Waals surface area contributed by atoms with Crippen LogP contribution in [0.2, 0.25) is 0 Å². The van der Waals surface area contributed by atoms with Crippen LogP contribution in [0.1, 0.15) is 23.7 Å². The minimum Gasteiger partial charge on any atom is -0.493 e. The molecule has 27 heavy (non-hydrogen) atoms. The van der Waals surface area contributed by atoms with Gasteiger partial charge >= 0.3 is 0 Å². The zero-order chi connectivity index (χ0) is 18.8. The molecule has 4 rings (SSSR count). The Bertz CT molecular complexity index is 853. The number of amides is 2. The smallest absolute Gasteiger partial charge is 0.227 e. The lowest BCUT2D eigenvalue weighted by molar-refractivity contribution is -0.126. The highest BCUT2D eigenvalue weighted by Crippen LogP contribution is 2.28. The minimum absolute atomic E-state index is 0.0551. The van der Waals surface area contributed by atoms with Crippen LogP contribution in [-0.4, -0.2) is 36.6 Å². The van der Waals surface area contributed by atoms with Gasteiger partial charge in [0.2, 0.25) is 11.8 Å². The van der Waals surface area contributed by atoms with Crippen LogP contribution in [0.5, 0.6) is 5.75 Å². The third kappa shape index (κ3) is 3.66. The van der Waals surface area contributed by atoms with Crippen molar-refractivity contribution in [1.82, 2.24) is 5.32 Å². The Morgan fingerprint density at radius 2 is 2.07 bits per heavy atom. The Balaban J connectivity index is 1.34. The van der Waals surface area contributed by atoms with E-state index in [9.17, 15) is 14.7 Å². The molecule has 2 atom stereocenters. The van der Waals surface area contributed by atoms with E-state index >= 15 is 0 Å². The summed E-state index contributed by atoms with van der Waals surface area (Å²) in [5.41, 5.74) is 2.64. The maximum atomic E-state index is 12.5. The summed E-state index contributed by atoms with van der Waals surface area (Å²) in [6.45, 7) is 1.15. The first kappa shape index (κ1) is 17.5. The second kappa shape index (κ2) is 7.40. The third-order valence-electron chi connectivity index (χ3n) is 5.13. The van der Waals surface area contributed by atoms with Crippen LogP contribution < -0.4 is 15.0 Å². The zero-order valence-corrected chi connectivity index (χ0v) is 14.9. The standard InChI is InChI=1S/C21H22N2O4/c24-18(14-6-7-19-15(10-14)8-9-27-19)12-22-21(26)16-11-20(25)23(13-16)17-4-2-1-3-5-17/h1-7,10,16,18,24H,8-9,11-13H2,(H,22,26). The maximum absolute atomic E-state index is 12.5. The van der Waals surface area contributed by atoms with Gasteiger partial charge in [-0.15, -0.1) is 0 Å². The number of para-hydroxylation sites is 1. The molecule has 0 bridgehead atoms. The van der Waals surface area contributed by atoms with Crippen molar-refractivity contribution >= 4 is 17.5 Å². The molecule has 2 unspecified atom stereocenters. The van der Waals surface area contributed by atoms with Crippen molar-refractivity contribution in [2.24, 2.45) is 5.92 Å². The van der Waals surface area contributed by atoms with E-state index in [1.807, 2.05) is 48.5 Å². The van der Waals surface area contributed by atoms with E-state index in [2.05, 4.69) is 5.32 Å².